The van der Waals surface area contributed by atoms with Crippen molar-refractivity contribution >= 4 is 11.8 Å². The molecule has 1 aromatic carbocycles. The molecule has 0 N–H and O–H groups in total. The molecule has 1 atom stereocenters. The van der Waals surface area contributed by atoms with Crippen molar-refractivity contribution in [2.45, 2.75) is 71.1 Å². The minimum absolute atomic E-state index is 0.257. The zero-order valence-electron chi connectivity index (χ0n) is 15.9. The van der Waals surface area contributed by atoms with Crippen LogP contribution in [-0.2, 0) is 5.41 Å². The lowest BCUT2D eigenvalue weighted by atomic mass is 9.67. The standard InChI is InChI=1S/C18H22S.2C2H6/c1-3-18(4-2)15-9-7-8-14(12-15)13-19-17-11-6-5-10-16(17)18;2*1-2/h5-11,14H,3-4,12-13H2,1-2H3;2*1-2H3. The van der Waals surface area contributed by atoms with E-state index in [0.717, 1.165) is 5.92 Å². The Kier molecular flexibility index (Phi) is 8.76. The summed E-state index contributed by atoms with van der Waals surface area (Å²) in [7, 11) is 0. The summed E-state index contributed by atoms with van der Waals surface area (Å²) in [6.45, 7) is 12.7. The average molecular weight is 331 g/mol. The van der Waals surface area contributed by atoms with Crippen LogP contribution in [-0.4, -0.2) is 5.75 Å². The van der Waals surface area contributed by atoms with E-state index >= 15 is 0 Å². The molecule has 3 rings (SSSR count). The number of thioether (sulfide) groups is 1. The maximum atomic E-state index is 2.39. The maximum absolute atomic E-state index is 2.39. The summed E-state index contributed by atoms with van der Waals surface area (Å²) >= 11 is 2.05. The van der Waals surface area contributed by atoms with Crippen molar-refractivity contribution in [2.75, 3.05) is 5.75 Å². The fraction of sp³-hybridized carbons (Fsp3) is 0.545. The molecule has 0 amide bonds. The van der Waals surface area contributed by atoms with Gasteiger partial charge in [-0.2, -0.15) is 0 Å². The van der Waals surface area contributed by atoms with Gasteiger partial charge in [0.05, 0.1) is 0 Å². The van der Waals surface area contributed by atoms with Crippen LogP contribution >= 0.6 is 11.8 Å². The number of fused-ring (bicyclic) bond motifs is 3. The largest absolute Gasteiger partial charge is 0.125 e. The molecule has 23 heavy (non-hydrogen) atoms. The molecule has 0 saturated heterocycles. The molecule has 2 aliphatic rings. The van der Waals surface area contributed by atoms with Gasteiger partial charge in [0.15, 0.2) is 0 Å². The Morgan fingerprint density at radius 1 is 1.04 bits per heavy atom. The average Bonchev–Trinajstić information content (AvgIpc) is 2.65. The van der Waals surface area contributed by atoms with Crippen molar-refractivity contribution in [1.82, 2.24) is 0 Å². The highest BCUT2D eigenvalue weighted by Gasteiger charge is 2.37. The van der Waals surface area contributed by atoms with Crippen molar-refractivity contribution in [3.05, 3.63) is 53.6 Å². The molecule has 1 heterocycles. The molecule has 0 aromatic heterocycles. The summed E-state index contributed by atoms with van der Waals surface area (Å²) in [6.07, 6.45) is 10.7. The third-order valence-corrected chi connectivity index (χ3v) is 6.10. The molecule has 2 bridgehead atoms. The van der Waals surface area contributed by atoms with Gasteiger partial charge in [0.25, 0.3) is 0 Å². The van der Waals surface area contributed by atoms with E-state index in [9.17, 15) is 0 Å². The van der Waals surface area contributed by atoms with Crippen molar-refractivity contribution in [3.8, 4) is 0 Å². The number of allylic oxidation sites excluding steroid dienone is 4. The summed E-state index contributed by atoms with van der Waals surface area (Å²) in [4.78, 5) is 1.50. The van der Waals surface area contributed by atoms with Crippen LogP contribution in [0.3, 0.4) is 0 Å². The summed E-state index contributed by atoms with van der Waals surface area (Å²) in [5.74, 6) is 1.93. The summed E-state index contributed by atoms with van der Waals surface area (Å²) in [5.41, 5.74) is 3.47. The Bertz CT molecular complexity index is 521. The number of hydrogen-bond acceptors (Lipinski definition) is 1. The third-order valence-electron chi connectivity index (χ3n) is 4.84. The first-order chi connectivity index (χ1) is 11.3. The Morgan fingerprint density at radius 3 is 2.35 bits per heavy atom. The van der Waals surface area contributed by atoms with Gasteiger partial charge in [-0.3, -0.25) is 0 Å². The molecule has 0 spiro atoms. The fourth-order valence-electron chi connectivity index (χ4n) is 3.66. The first-order valence-electron chi connectivity index (χ1n) is 9.40. The topological polar surface area (TPSA) is 0 Å². The molecule has 0 fully saturated rings. The fourth-order valence-corrected chi connectivity index (χ4v) is 4.88. The van der Waals surface area contributed by atoms with E-state index in [1.807, 2.05) is 39.5 Å². The van der Waals surface area contributed by atoms with E-state index in [4.69, 9.17) is 0 Å². The van der Waals surface area contributed by atoms with E-state index in [1.165, 1.54) is 29.9 Å². The number of benzene rings is 1. The maximum Gasteiger partial charge on any atom is 0.0171 e. The monoisotopic (exact) mass is 330 g/mol. The second-order valence-electron chi connectivity index (χ2n) is 5.64. The van der Waals surface area contributed by atoms with Crippen molar-refractivity contribution in [3.63, 3.8) is 0 Å². The molecule has 0 radical (unpaired) electrons. The molecule has 1 aliphatic carbocycles. The molecular formula is C22H34S. The van der Waals surface area contributed by atoms with Gasteiger partial charge in [-0.15, -0.1) is 11.8 Å². The number of hydrogen-bond donors (Lipinski definition) is 0. The minimum Gasteiger partial charge on any atom is -0.125 e. The highest BCUT2D eigenvalue weighted by molar-refractivity contribution is 7.99. The van der Waals surface area contributed by atoms with Crippen molar-refractivity contribution < 1.29 is 0 Å². The van der Waals surface area contributed by atoms with Gasteiger partial charge in [-0.05, 0) is 36.8 Å². The first kappa shape index (κ1) is 20.1. The van der Waals surface area contributed by atoms with Gasteiger partial charge in [-0.1, -0.05) is 83.5 Å². The lowest BCUT2D eigenvalue weighted by Crippen LogP contribution is -2.31. The van der Waals surface area contributed by atoms with Crippen LogP contribution in [0.2, 0.25) is 0 Å². The van der Waals surface area contributed by atoms with Gasteiger partial charge >= 0.3 is 0 Å². The Hall–Kier alpha value is -0.950. The highest BCUT2D eigenvalue weighted by atomic mass is 32.2. The summed E-state index contributed by atoms with van der Waals surface area (Å²) in [5, 5.41) is 0. The van der Waals surface area contributed by atoms with Crippen molar-refractivity contribution in [2.24, 2.45) is 5.92 Å². The second-order valence-corrected chi connectivity index (χ2v) is 6.70. The Morgan fingerprint density at radius 2 is 1.70 bits per heavy atom. The smallest absolute Gasteiger partial charge is 0.0171 e. The Labute approximate surface area is 148 Å². The van der Waals surface area contributed by atoms with Crippen LogP contribution in [0.5, 0.6) is 0 Å². The minimum atomic E-state index is 0.257. The number of rotatable bonds is 2. The van der Waals surface area contributed by atoms with Gasteiger partial charge < -0.3 is 0 Å². The highest BCUT2D eigenvalue weighted by Crippen LogP contribution is 2.48. The molecule has 0 nitrogen and oxygen atoms in total. The van der Waals surface area contributed by atoms with Gasteiger partial charge in [0.2, 0.25) is 0 Å². The summed E-state index contributed by atoms with van der Waals surface area (Å²) in [6, 6.07) is 9.06. The molecular weight excluding hydrogens is 296 g/mol. The van der Waals surface area contributed by atoms with Crippen molar-refractivity contribution in [1.29, 1.82) is 0 Å². The van der Waals surface area contributed by atoms with E-state index in [2.05, 4.69) is 56.3 Å². The van der Waals surface area contributed by atoms with Crippen LogP contribution < -0.4 is 0 Å². The van der Waals surface area contributed by atoms with Gasteiger partial charge in [0.1, 0.15) is 0 Å². The van der Waals surface area contributed by atoms with Crippen LogP contribution in [0, 0.1) is 5.92 Å². The quantitative estimate of drug-likeness (QED) is 0.544. The van der Waals surface area contributed by atoms with Gasteiger partial charge in [0, 0.05) is 16.1 Å². The van der Waals surface area contributed by atoms with E-state index in [-0.39, 0.29) is 5.41 Å². The SMILES string of the molecule is CC.CC.CCC1(CC)C2=CC=CC(CSc3ccccc31)C2. The second kappa shape index (κ2) is 10.0. The zero-order valence-corrected chi connectivity index (χ0v) is 16.7. The molecule has 1 aliphatic heterocycles. The van der Waals surface area contributed by atoms with Crippen LogP contribution in [0.25, 0.3) is 0 Å². The molecule has 128 valence electrons. The third kappa shape index (κ3) is 4.12. The van der Waals surface area contributed by atoms with E-state index < -0.39 is 0 Å². The molecule has 1 aromatic rings. The predicted octanol–water partition coefficient (Wildman–Crippen LogP) is 7.41. The van der Waals surface area contributed by atoms with E-state index in [0.29, 0.717) is 0 Å². The van der Waals surface area contributed by atoms with Crippen LogP contribution in [0.15, 0.2) is 53.0 Å². The van der Waals surface area contributed by atoms with E-state index in [1.54, 1.807) is 11.1 Å². The van der Waals surface area contributed by atoms with Crippen LogP contribution in [0.1, 0.15) is 66.4 Å². The normalized spacial score (nSPS) is 20.4. The molecule has 1 heteroatoms. The molecule has 0 saturated carbocycles. The summed E-state index contributed by atoms with van der Waals surface area (Å²) < 4.78 is 0. The predicted molar refractivity (Wildman–Crippen MR) is 107 cm³/mol. The van der Waals surface area contributed by atoms with Crippen LogP contribution in [0.4, 0.5) is 0 Å². The lowest BCUT2D eigenvalue weighted by molar-refractivity contribution is 0.428. The Balaban J connectivity index is 0.000000615. The van der Waals surface area contributed by atoms with Gasteiger partial charge in [-0.25, -0.2) is 0 Å². The molecule has 1 unspecified atom stereocenters. The zero-order chi connectivity index (χ0) is 17.3. The lowest BCUT2D eigenvalue weighted by Gasteiger charge is -2.40. The first-order valence-corrected chi connectivity index (χ1v) is 10.4.